The Labute approximate surface area is 204 Å². The van der Waals surface area contributed by atoms with Gasteiger partial charge >= 0.3 is 0 Å². The quantitative estimate of drug-likeness (QED) is 0.332. The van der Waals surface area contributed by atoms with Crippen molar-refractivity contribution in [2.75, 3.05) is 0 Å². The maximum atomic E-state index is 13.2. The van der Waals surface area contributed by atoms with Crippen molar-refractivity contribution in [1.82, 2.24) is 0 Å². The zero-order valence-corrected chi connectivity index (χ0v) is 21.5. The van der Waals surface area contributed by atoms with Gasteiger partial charge in [0.15, 0.2) is 5.78 Å². The second kappa shape index (κ2) is 12.9. The predicted octanol–water partition coefficient (Wildman–Crippen LogP) is 5.60. The average Bonchev–Trinajstić information content (AvgIpc) is 2.74. The Bertz CT molecular complexity index is 942. The fourth-order valence-electron chi connectivity index (χ4n) is 5.57. The first-order valence-corrected chi connectivity index (χ1v) is 12.7. The van der Waals surface area contributed by atoms with Crippen LogP contribution in [0.4, 0.5) is 0 Å². The van der Waals surface area contributed by atoms with Crippen molar-refractivity contribution < 1.29 is 24.0 Å². The van der Waals surface area contributed by atoms with Crippen LogP contribution in [0.25, 0.3) is 0 Å². The molecule has 0 fully saturated rings. The van der Waals surface area contributed by atoms with Gasteiger partial charge in [-0.2, -0.15) is 0 Å². The summed E-state index contributed by atoms with van der Waals surface area (Å²) in [5, 5.41) is 0. The van der Waals surface area contributed by atoms with E-state index in [2.05, 4.69) is 6.92 Å². The van der Waals surface area contributed by atoms with E-state index in [1.54, 1.807) is 0 Å². The Morgan fingerprint density at radius 3 is 2.29 bits per heavy atom. The summed E-state index contributed by atoms with van der Waals surface area (Å²) in [6.45, 7) is 8.98. The molecular weight excluding hydrogens is 428 g/mol. The summed E-state index contributed by atoms with van der Waals surface area (Å²) in [4.78, 5) is 60.9. The van der Waals surface area contributed by atoms with E-state index in [9.17, 15) is 24.0 Å². The Morgan fingerprint density at radius 2 is 1.71 bits per heavy atom. The molecule has 34 heavy (non-hydrogen) atoms. The van der Waals surface area contributed by atoms with Crippen LogP contribution in [0.2, 0.25) is 0 Å². The van der Waals surface area contributed by atoms with Crippen molar-refractivity contribution in [3.05, 3.63) is 34.4 Å². The van der Waals surface area contributed by atoms with Crippen molar-refractivity contribution in [2.24, 2.45) is 17.8 Å². The molecule has 3 atom stereocenters. The molecule has 0 aliphatic heterocycles. The number of hydrogen-bond donors (Lipinski definition) is 0. The van der Waals surface area contributed by atoms with Crippen LogP contribution in [0.5, 0.6) is 0 Å². The number of fused-ring (bicyclic) bond motifs is 1. The fraction of sp³-hybridized carbons (Fsp3) is 0.621. The number of Topliss-reactive ketones (excluding diaryl/α,β-unsaturated/α-hetero) is 5. The van der Waals surface area contributed by atoms with E-state index < -0.39 is 0 Å². The summed E-state index contributed by atoms with van der Waals surface area (Å²) < 4.78 is 0. The first-order valence-electron chi connectivity index (χ1n) is 12.7. The summed E-state index contributed by atoms with van der Waals surface area (Å²) >= 11 is 0. The second-order valence-corrected chi connectivity index (χ2v) is 10.1. The minimum absolute atomic E-state index is 0.00173. The SMILES string of the molecule is CCCC(CC1CC(=O)c2c(ccc(CC(=O)CCC(C)=O)c2C)C1)C(CC)C(=O)CC(C)=O. The largest absolute Gasteiger partial charge is 0.300 e. The number of rotatable bonds is 14. The Hall–Kier alpha value is -2.43. The van der Waals surface area contributed by atoms with E-state index in [4.69, 9.17) is 0 Å². The molecule has 0 spiro atoms. The van der Waals surface area contributed by atoms with Crippen LogP contribution in [0.15, 0.2) is 12.1 Å². The van der Waals surface area contributed by atoms with Crippen LogP contribution in [0, 0.1) is 24.7 Å². The minimum Gasteiger partial charge on any atom is -0.300 e. The minimum atomic E-state index is -0.134. The van der Waals surface area contributed by atoms with E-state index in [1.807, 2.05) is 26.0 Å². The molecule has 1 aliphatic rings. The van der Waals surface area contributed by atoms with Gasteiger partial charge in [0.2, 0.25) is 0 Å². The molecule has 5 heteroatoms. The van der Waals surface area contributed by atoms with E-state index in [0.717, 1.165) is 47.9 Å². The predicted molar refractivity (Wildman–Crippen MR) is 133 cm³/mol. The molecule has 0 radical (unpaired) electrons. The number of carbonyl (C=O) groups excluding carboxylic acids is 5. The highest BCUT2D eigenvalue weighted by molar-refractivity contribution is 6.01. The van der Waals surface area contributed by atoms with Gasteiger partial charge in [0.25, 0.3) is 0 Å². The van der Waals surface area contributed by atoms with Gasteiger partial charge in [0, 0.05) is 37.2 Å². The third kappa shape index (κ3) is 7.54. The third-order valence-corrected chi connectivity index (χ3v) is 7.21. The van der Waals surface area contributed by atoms with Crippen LogP contribution in [0.1, 0.15) is 106 Å². The first kappa shape index (κ1) is 27.8. The Morgan fingerprint density at radius 1 is 1.00 bits per heavy atom. The van der Waals surface area contributed by atoms with Gasteiger partial charge in [-0.05, 0) is 68.6 Å². The van der Waals surface area contributed by atoms with Crippen molar-refractivity contribution in [3.8, 4) is 0 Å². The lowest BCUT2D eigenvalue weighted by Gasteiger charge is -2.32. The highest BCUT2D eigenvalue weighted by atomic mass is 16.2. The summed E-state index contributed by atoms with van der Waals surface area (Å²) in [6.07, 6.45) is 5.39. The first-order chi connectivity index (χ1) is 16.1. The summed E-state index contributed by atoms with van der Waals surface area (Å²) in [5.74, 6) is 0.302. The number of carbonyl (C=O) groups is 5. The second-order valence-electron chi connectivity index (χ2n) is 10.1. The summed E-state index contributed by atoms with van der Waals surface area (Å²) in [5.41, 5.74) is 3.52. The molecule has 2 rings (SSSR count). The van der Waals surface area contributed by atoms with Gasteiger partial charge in [-0.1, -0.05) is 38.8 Å². The van der Waals surface area contributed by atoms with Crippen LogP contribution in [-0.4, -0.2) is 28.9 Å². The maximum Gasteiger partial charge on any atom is 0.163 e. The molecule has 0 aromatic heterocycles. The zero-order chi connectivity index (χ0) is 25.4. The molecule has 0 saturated heterocycles. The average molecular weight is 469 g/mol. The molecule has 5 nitrogen and oxygen atoms in total. The Kier molecular flexibility index (Phi) is 10.5. The van der Waals surface area contributed by atoms with Gasteiger partial charge in [0.1, 0.15) is 23.1 Å². The van der Waals surface area contributed by atoms with Crippen LogP contribution >= 0.6 is 0 Å². The molecule has 0 N–H and O–H groups in total. The normalized spacial score (nSPS) is 17.1. The van der Waals surface area contributed by atoms with Crippen molar-refractivity contribution in [1.29, 1.82) is 0 Å². The Balaban J connectivity index is 2.17. The molecular formula is C29H40O5. The number of ketones is 5. The third-order valence-electron chi connectivity index (χ3n) is 7.21. The van der Waals surface area contributed by atoms with Gasteiger partial charge in [-0.25, -0.2) is 0 Å². The lowest BCUT2D eigenvalue weighted by molar-refractivity contribution is -0.130. The van der Waals surface area contributed by atoms with Gasteiger partial charge in [0.05, 0.1) is 6.42 Å². The standard InChI is InChI=1S/C29H40O5/c1-6-8-23(26(7-2)27(33)13-19(4)31)14-21-15-24-11-10-22(17-25(32)12-9-18(3)30)20(5)29(24)28(34)16-21/h10-11,21,23,26H,6-9,12-17H2,1-5H3. The van der Waals surface area contributed by atoms with Crippen molar-refractivity contribution >= 4 is 28.9 Å². The van der Waals surface area contributed by atoms with E-state index in [-0.39, 0.29) is 72.4 Å². The molecule has 1 aromatic carbocycles. The number of benzene rings is 1. The topological polar surface area (TPSA) is 85.3 Å². The van der Waals surface area contributed by atoms with Crippen LogP contribution in [-0.2, 0) is 32.0 Å². The van der Waals surface area contributed by atoms with Crippen molar-refractivity contribution in [2.45, 2.75) is 98.8 Å². The molecule has 0 saturated carbocycles. The van der Waals surface area contributed by atoms with Crippen LogP contribution in [0.3, 0.4) is 0 Å². The lowest BCUT2D eigenvalue weighted by atomic mass is 9.72. The molecule has 3 unspecified atom stereocenters. The fourth-order valence-corrected chi connectivity index (χ4v) is 5.57. The molecule has 1 aliphatic carbocycles. The summed E-state index contributed by atoms with van der Waals surface area (Å²) in [6, 6.07) is 3.93. The van der Waals surface area contributed by atoms with E-state index in [0.29, 0.717) is 12.8 Å². The van der Waals surface area contributed by atoms with E-state index >= 15 is 0 Å². The maximum absolute atomic E-state index is 13.2. The smallest absolute Gasteiger partial charge is 0.163 e. The molecule has 186 valence electrons. The zero-order valence-electron chi connectivity index (χ0n) is 21.5. The van der Waals surface area contributed by atoms with Gasteiger partial charge in [-0.15, -0.1) is 0 Å². The molecule has 0 bridgehead atoms. The van der Waals surface area contributed by atoms with Gasteiger partial charge in [-0.3, -0.25) is 19.2 Å². The van der Waals surface area contributed by atoms with E-state index in [1.165, 1.54) is 13.8 Å². The molecule has 0 amide bonds. The highest BCUT2D eigenvalue weighted by Gasteiger charge is 2.33. The number of hydrogen-bond acceptors (Lipinski definition) is 5. The highest BCUT2D eigenvalue weighted by Crippen LogP contribution is 2.37. The molecule has 1 aromatic rings. The molecule has 0 heterocycles. The van der Waals surface area contributed by atoms with Crippen molar-refractivity contribution in [3.63, 3.8) is 0 Å². The summed E-state index contributed by atoms with van der Waals surface area (Å²) in [7, 11) is 0. The van der Waals surface area contributed by atoms with Crippen LogP contribution < -0.4 is 0 Å². The monoisotopic (exact) mass is 468 g/mol. The van der Waals surface area contributed by atoms with Gasteiger partial charge < -0.3 is 4.79 Å². The lowest BCUT2D eigenvalue weighted by Crippen LogP contribution is -2.30.